The first kappa shape index (κ1) is 14.5. The summed E-state index contributed by atoms with van der Waals surface area (Å²) in [6.45, 7) is 2.84. The normalized spacial score (nSPS) is 11.0. The molecule has 3 rings (SSSR count). The van der Waals surface area contributed by atoms with Gasteiger partial charge in [-0.1, -0.05) is 43.7 Å². The summed E-state index contributed by atoms with van der Waals surface area (Å²) in [4.78, 5) is 16.9. The molecule has 0 fully saturated rings. The fraction of sp³-hybridized carbons (Fsp3) is 0.263. The van der Waals surface area contributed by atoms with Gasteiger partial charge < -0.3 is 4.57 Å². The molecule has 112 valence electrons. The summed E-state index contributed by atoms with van der Waals surface area (Å²) in [5, 5.41) is 0.958. The number of Topliss-reactive ketones (excluding diaryl/α,β-unsaturated/α-hetero) is 1. The predicted octanol–water partition coefficient (Wildman–Crippen LogP) is 4.46. The Labute approximate surface area is 130 Å². The Morgan fingerprint density at radius 2 is 1.95 bits per heavy atom. The van der Waals surface area contributed by atoms with Crippen molar-refractivity contribution in [1.29, 1.82) is 0 Å². The summed E-state index contributed by atoms with van der Waals surface area (Å²) in [5.41, 5.74) is 2.89. The van der Waals surface area contributed by atoms with E-state index >= 15 is 0 Å². The monoisotopic (exact) mass is 292 g/mol. The Balaban J connectivity index is 1.99. The third-order valence-corrected chi connectivity index (χ3v) is 3.89. The first-order valence-corrected chi connectivity index (χ1v) is 7.80. The van der Waals surface area contributed by atoms with Crippen LogP contribution in [0.25, 0.3) is 11.0 Å². The highest BCUT2D eigenvalue weighted by Gasteiger charge is 2.15. The van der Waals surface area contributed by atoms with Gasteiger partial charge in [0.1, 0.15) is 5.65 Å². The minimum absolute atomic E-state index is 0.215. The first-order chi connectivity index (χ1) is 10.8. The van der Waals surface area contributed by atoms with Crippen LogP contribution >= 0.6 is 0 Å². The van der Waals surface area contributed by atoms with Gasteiger partial charge in [-0.3, -0.25) is 4.79 Å². The fourth-order valence-electron chi connectivity index (χ4n) is 2.72. The number of hydrogen-bond donors (Lipinski definition) is 0. The molecule has 0 radical (unpaired) electrons. The Bertz CT molecular complexity index is 774. The van der Waals surface area contributed by atoms with Gasteiger partial charge in [0, 0.05) is 36.3 Å². The summed E-state index contributed by atoms with van der Waals surface area (Å²) >= 11 is 0. The zero-order chi connectivity index (χ0) is 15.4. The zero-order valence-electron chi connectivity index (χ0n) is 12.8. The van der Waals surface area contributed by atoms with Crippen molar-refractivity contribution in [3.05, 3.63) is 66.0 Å². The lowest BCUT2D eigenvalue weighted by atomic mass is 10.1. The van der Waals surface area contributed by atoms with Gasteiger partial charge in [0.15, 0.2) is 5.78 Å². The van der Waals surface area contributed by atoms with Crippen molar-refractivity contribution in [3.8, 4) is 0 Å². The van der Waals surface area contributed by atoms with Crippen LogP contribution in [0, 0.1) is 0 Å². The lowest BCUT2D eigenvalue weighted by molar-refractivity contribution is 0.0981. The number of carbonyl (C=O) groups excluding carboxylic acids is 1. The number of fused-ring (bicyclic) bond motifs is 1. The van der Waals surface area contributed by atoms with Gasteiger partial charge in [-0.05, 0) is 24.1 Å². The van der Waals surface area contributed by atoms with E-state index in [2.05, 4.69) is 28.6 Å². The van der Waals surface area contributed by atoms with Crippen molar-refractivity contribution in [1.82, 2.24) is 9.55 Å². The van der Waals surface area contributed by atoms with Crippen molar-refractivity contribution < 1.29 is 4.79 Å². The zero-order valence-corrected chi connectivity index (χ0v) is 12.8. The van der Waals surface area contributed by atoms with Crippen molar-refractivity contribution in [2.75, 3.05) is 0 Å². The average Bonchev–Trinajstić information content (AvgIpc) is 2.93. The number of carbonyl (C=O) groups is 1. The topological polar surface area (TPSA) is 34.9 Å². The molecule has 0 amide bonds. The van der Waals surface area contributed by atoms with Gasteiger partial charge in [-0.25, -0.2) is 4.98 Å². The van der Waals surface area contributed by atoms with E-state index in [9.17, 15) is 4.79 Å². The molecule has 2 aromatic heterocycles. The summed E-state index contributed by atoms with van der Waals surface area (Å²) in [7, 11) is 0. The van der Waals surface area contributed by atoms with E-state index in [0.717, 1.165) is 36.0 Å². The average molecular weight is 292 g/mol. The maximum Gasteiger partial charge on any atom is 0.165 e. The molecule has 2 heterocycles. The van der Waals surface area contributed by atoms with E-state index in [1.54, 1.807) is 6.20 Å². The molecule has 0 aliphatic rings. The highest BCUT2D eigenvalue weighted by Crippen LogP contribution is 2.22. The summed E-state index contributed by atoms with van der Waals surface area (Å²) in [6.07, 6.45) is 6.32. The van der Waals surface area contributed by atoms with Gasteiger partial charge in [0.2, 0.25) is 0 Å². The van der Waals surface area contributed by atoms with E-state index in [1.807, 2.05) is 36.5 Å². The van der Waals surface area contributed by atoms with Crippen LogP contribution in [0.4, 0.5) is 0 Å². The molecule has 3 nitrogen and oxygen atoms in total. The second kappa shape index (κ2) is 6.56. The SMILES string of the molecule is CCCCC(=O)c1cn(Cc2ccccc2)c2ncccc12. The number of pyridine rings is 1. The molecule has 0 unspecified atom stereocenters. The van der Waals surface area contributed by atoms with Crippen molar-refractivity contribution >= 4 is 16.8 Å². The lowest BCUT2D eigenvalue weighted by Crippen LogP contribution is -2.00. The van der Waals surface area contributed by atoms with Crippen LogP contribution in [0.1, 0.15) is 42.1 Å². The minimum Gasteiger partial charge on any atom is -0.327 e. The molecule has 0 aliphatic heterocycles. The van der Waals surface area contributed by atoms with Crippen LogP contribution in [0.5, 0.6) is 0 Å². The molecular formula is C19H20N2O. The Kier molecular flexibility index (Phi) is 4.33. The van der Waals surface area contributed by atoms with Gasteiger partial charge in [0.05, 0.1) is 0 Å². The number of benzene rings is 1. The molecule has 22 heavy (non-hydrogen) atoms. The van der Waals surface area contributed by atoms with Gasteiger partial charge in [0.25, 0.3) is 0 Å². The molecule has 0 saturated heterocycles. The summed E-state index contributed by atoms with van der Waals surface area (Å²) in [5.74, 6) is 0.215. The van der Waals surface area contributed by atoms with E-state index in [0.29, 0.717) is 6.42 Å². The van der Waals surface area contributed by atoms with Crippen LogP contribution < -0.4 is 0 Å². The molecule has 0 spiro atoms. The second-order valence-electron chi connectivity index (χ2n) is 5.56. The quantitative estimate of drug-likeness (QED) is 0.629. The van der Waals surface area contributed by atoms with Crippen LogP contribution in [0.3, 0.4) is 0 Å². The van der Waals surface area contributed by atoms with E-state index < -0.39 is 0 Å². The molecule has 3 aromatic rings. The van der Waals surface area contributed by atoms with Crippen LogP contribution in [-0.2, 0) is 6.54 Å². The molecule has 0 aliphatic carbocycles. The minimum atomic E-state index is 0.215. The van der Waals surface area contributed by atoms with Gasteiger partial charge in [-0.2, -0.15) is 0 Å². The molecule has 0 bridgehead atoms. The van der Waals surface area contributed by atoms with Crippen molar-refractivity contribution in [3.63, 3.8) is 0 Å². The first-order valence-electron chi connectivity index (χ1n) is 7.80. The van der Waals surface area contributed by atoms with Gasteiger partial charge >= 0.3 is 0 Å². The fourth-order valence-corrected chi connectivity index (χ4v) is 2.72. The summed E-state index contributed by atoms with van der Waals surface area (Å²) in [6, 6.07) is 14.1. The number of rotatable bonds is 6. The van der Waals surface area contributed by atoms with E-state index in [1.165, 1.54) is 5.56 Å². The predicted molar refractivity (Wildman–Crippen MR) is 89.1 cm³/mol. The highest BCUT2D eigenvalue weighted by molar-refractivity contribution is 6.07. The third-order valence-electron chi connectivity index (χ3n) is 3.89. The van der Waals surface area contributed by atoms with Crippen molar-refractivity contribution in [2.45, 2.75) is 32.7 Å². The standard InChI is InChI=1S/C19H20N2O/c1-2-3-11-18(22)17-14-21(13-15-8-5-4-6-9-15)19-16(17)10-7-12-20-19/h4-10,12,14H,2-3,11,13H2,1H3. The number of nitrogens with zero attached hydrogens (tertiary/aromatic N) is 2. The number of ketones is 1. The highest BCUT2D eigenvalue weighted by atomic mass is 16.1. The largest absolute Gasteiger partial charge is 0.327 e. The van der Waals surface area contributed by atoms with Gasteiger partial charge in [-0.15, -0.1) is 0 Å². The van der Waals surface area contributed by atoms with E-state index in [-0.39, 0.29) is 5.78 Å². The maximum absolute atomic E-state index is 12.4. The maximum atomic E-state index is 12.4. The number of hydrogen-bond acceptors (Lipinski definition) is 2. The smallest absolute Gasteiger partial charge is 0.165 e. The molecule has 3 heteroatoms. The van der Waals surface area contributed by atoms with Crippen molar-refractivity contribution in [2.24, 2.45) is 0 Å². The Hall–Kier alpha value is -2.42. The van der Waals surface area contributed by atoms with E-state index in [4.69, 9.17) is 0 Å². The second-order valence-corrected chi connectivity index (χ2v) is 5.56. The number of unbranched alkanes of at least 4 members (excludes halogenated alkanes) is 1. The molecular weight excluding hydrogens is 272 g/mol. The molecule has 0 saturated carbocycles. The molecule has 0 N–H and O–H groups in total. The number of aromatic nitrogens is 2. The third kappa shape index (κ3) is 2.93. The molecule has 1 aromatic carbocycles. The van der Waals surface area contributed by atoms with Crippen LogP contribution in [0.2, 0.25) is 0 Å². The van der Waals surface area contributed by atoms with Crippen LogP contribution in [0.15, 0.2) is 54.9 Å². The Morgan fingerprint density at radius 1 is 1.14 bits per heavy atom. The van der Waals surface area contributed by atoms with Crippen LogP contribution in [-0.4, -0.2) is 15.3 Å². The molecule has 0 atom stereocenters. The Morgan fingerprint density at radius 3 is 2.73 bits per heavy atom. The lowest BCUT2D eigenvalue weighted by Gasteiger charge is -2.04. The summed E-state index contributed by atoms with van der Waals surface area (Å²) < 4.78 is 2.07.